The molecule has 8 nitrogen and oxygen atoms in total. The summed E-state index contributed by atoms with van der Waals surface area (Å²) >= 11 is 0. The summed E-state index contributed by atoms with van der Waals surface area (Å²) in [5.41, 5.74) is 3.65. The Balaban J connectivity index is 2.27. The number of rotatable bonds is 10. The molecule has 2 atom stereocenters. The van der Waals surface area contributed by atoms with Crippen molar-refractivity contribution in [2.45, 2.75) is 73.1 Å². The van der Waals surface area contributed by atoms with E-state index in [2.05, 4.69) is 44.4 Å². The Bertz CT molecular complexity index is 921. The Morgan fingerprint density at radius 1 is 1.23 bits per heavy atom. The molecule has 0 amide bonds. The fourth-order valence-corrected chi connectivity index (χ4v) is 3.05. The van der Waals surface area contributed by atoms with Gasteiger partial charge >= 0.3 is 0 Å². The summed E-state index contributed by atoms with van der Waals surface area (Å²) in [4.78, 5) is 18.2. The number of anilines is 2. The number of nitrogens with zero attached hydrogens (tertiary/aromatic N) is 5. The van der Waals surface area contributed by atoms with E-state index in [1.807, 2.05) is 44.4 Å². The second-order valence-electron chi connectivity index (χ2n) is 7.97. The van der Waals surface area contributed by atoms with E-state index in [0.717, 1.165) is 23.3 Å². The maximum absolute atomic E-state index is 9.98. The molecule has 0 fully saturated rings. The highest BCUT2D eigenvalue weighted by Crippen LogP contribution is 2.24. The van der Waals surface area contributed by atoms with Crippen molar-refractivity contribution in [1.29, 1.82) is 0 Å². The maximum Gasteiger partial charge on any atom is 0.227 e. The third-order valence-electron chi connectivity index (χ3n) is 4.58. The van der Waals surface area contributed by atoms with E-state index in [4.69, 9.17) is 0 Å². The van der Waals surface area contributed by atoms with Crippen molar-refractivity contribution in [2.75, 3.05) is 17.2 Å². The van der Waals surface area contributed by atoms with Gasteiger partial charge in [-0.15, -0.1) is 0 Å². The molecule has 2 aromatic heterocycles. The zero-order valence-corrected chi connectivity index (χ0v) is 19.1. The van der Waals surface area contributed by atoms with Gasteiger partial charge in [-0.25, -0.2) is 4.98 Å². The lowest BCUT2D eigenvalue weighted by Gasteiger charge is -2.20. The van der Waals surface area contributed by atoms with Crippen molar-refractivity contribution in [3.63, 3.8) is 0 Å². The zero-order chi connectivity index (χ0) is 22.3. The van der Waals surface area contributed by atoms with Crippen molar-refractivity contribution in [2.24, 2.45) is 4.99 Å². The molecule has 3 N–H and O–H groups in total. The number of fused-ring (bicyclic) bond motifs is 1. The van der Waals surface area contributed by atoms with Crippen LogP contribution in [-0.2, 0) is 0 Å². The first-order valence-corrected chi connectivity index (χ1v) is 10.5. The molecule has 2 unspecified atom stereocenters. The highest BCUT2D eigenvalue weighted by atomic mass is 16.3. The molecule has 2 aromatic rings. The fraction of sp³-hybridized carbons (Fsp3) is 0.545. The number of hydrogen-bond donors (Lipinski definition) is 3. The SMILES string of the molecule is CCC(Nc1nc(NC/C=C/N=C(C)C=C(C)C)c2ncn(C(C)C)c2n1)C(C)O. The lowest BCUT2D eigenvalue weighted by atomic mass is 10.1. The van der Waals surface area contributed by atoms with Crippen LogP contribution in [0.3, 0.4) is 0 Å². The third kappa shape index (κ3) is 6.38. The lowest BCUT2D eigenvalue weighted by Crippen LogP contribution is -2.31. The lowest BCUT2D eigenvalue weighted by molar-refractivity contribution is 0.169. The van der Waals surface area contributed by atoms with E-state index < -0.39 is 6.10 Å². The van der Waals surface area contributed by atoms with Crippen LogP contribution in [0.25, 0.3) is 11.2 Å². The van der Waals surface area contributed by atoms with Crippen LogP contribution in [0, 0.1) is 0 Å². The first-order chi connectivity index (χ1) is 14.2. The third-order valence-corrected chi connectivity index (χ3v) is 4.58. The van der Waals surface area contributed by atoms with E-state index >= 15 is 0 Å². The van der Waals surface area contributed by atoms with Gasteiger partial charge in [0.2, 0.25) is 5.95 Å². The summed E-state index contributed by atoms with van der Waals surface area (Å²) in [6.07, 6.45) is 7.80. The molecule has 8 heteroatoms. The Labute approximate surface area is 179 Å². The largest absolute Gasteiger partial charge is 0.391 e. The van der Waals surface area contributed by atoms with Crippen molar-refractivity contribution in [1.82, 2.24) is 19.5 Å². The van der Waals surface area contributed by atoms with E-state index in [9.17, 15) is 5.11 Å². The van der Waals surface area contributed by atoms with Gasteiger partial charge in [-0.2, -0.15) is 9.97 Å². The fourth-order valence-electron chi connectivity index (χ4n) is 3.05. The van der Waals surface area contributed by atoms with Crippen LogP contribution in [0.5, 0.6) is 0 Å². The number of aromatic nitrogens is 4. The predicted octanol–water partition coefficient (Wildman–Crippen LogP) is 4.33. The van der Waals surface area contributed by atoms with Crippen molar-refractivity contribution < 1.29 is 5.11 Å². The maximum atomic E-state index is 9.98. The average molecular weight is 414 g/mol. The molecule has 0 aromatic carbocycles. The normalized spacial score (nSPS) is 14.4. The number of aliphatic imine (C=N–C) groups is 1. The van der Waals surface area contributed by atoms with Crippen molar-refractivity contribution in [3.05, 3.63) is 30.3 Å². The molecule has 2 rings (SSSR count). The number of aliphatic hydroxyl groups is 1. The van der Waals surface area contributed by atoms with Gasteiger partial charge in [0.25, 0.3) is 0 Å². The first-order valence-electron chi connectivity index (χ1n) is 10.5. The monoisotopic (exact) mass is 413 g/mol. The molecule has 0 bridgehead atoms. The summed E-state index contributed by atoms with van der Waals surface area (Å²) < 4.78 is 2.01. The van der Waals surface area contributed by atoms with Crippen molar-refractivity contribution in [3.8, 4) is 0 Å². The summed E-state index contributed by atoms with van der Waals surface area (Å²) in [5, 5.41) is 16.5. The van der Waals surface area contributed by atoms with Gasteiger partial charge in [-0.05, 0) is 60.1 Å². The van der Waals surface area contributed by atoms with Crippen molar-refractivity contribution >= 4 is 28.6 Å². The van der Waals surface area contributed by atoms with Crippen LogP contribution in [0.15, 0.2) is 35.2 Å². The minimum absolute atomic E-state index is 0.127. The average Bonchev–Trinajstić information content (AvgIpc) is 3.09. The van der Waals surface area contributed by atoms with Crippen LogP contribution in [0.4, 0.5) is 11.8 Å². The molecule has 0 spiro atoms. The predicted molar refractivity (Wildman–Crippen MR) is 125 cm³/mol. The topological polar surface area (TPSA) is 100 Å². The Morgan fingerprint density at radius 3 is 2.57 bits per heavy atom. The molecule has 0 saturated heterocycles. The highest BCUT2D eigenvalue weighted by Gasteiger charge is 2.18. The highest BCUT2D eigenvalue weighted by molar-refractivity contribution is 5.93. The first kappa shape index (κ1) is 23.5. The van der Waals surface area contributed by atoms with E-state index in [0.29, 0.717) is 18.3 Å². The van der Waals surface area contributed by atoms with Crippen LogP contribution >= 0.6 is 0 Å². The molecule has 0 saturated carbocycles. The Morgan fingerprint density at radius 2 is 1.97 bits per heavy atom. The molecule has 0 aliphatic heterocycles. The van der Waals surface area contributed by atoms with Gasteiger partial charge in [0, 0.05) is 24.5 Å². The summed E-state index contributed by atoms with van der Waals surface area (Å²) in [5.74, 6) is 1.12. The molecular formula is C22H35N7O. The number of imidazole rings is 1. The second kappa shape index (κ2) is 10.9. The Kier molecular flexibility index (Phi) is 8.53. The quantitative estimate of drug-likeness (QED) is 0.501. The van der Waals surface area contributed by atoms with Gasteiger partial charge in [0.15, 0.2) is 17.0 Å². The van der Waals surface area contributed by atoms with Crippen LogP contribution in [0.2, 0.25) is 0 Å². The molecule has 0 radical (unpaired) electrons. The van der Waals surface area contributed by atoms with E-state index in [1.54, 1.807) is 19.5 Å². The number of aliphatic hydroxyl groups excluding tert-OH is 1. The number of hydrogen-bond acceptors (Lipinski definition) is 7. The van der Waals surface area contributed by atoms with E-state index in [1.165, 1.54) is 5.57 Å². The summed E-state index contributed by atoms with van der Waals surface area (Å²) in [7, 11) is 0. The van der Waals surface area contributed by atoms with Gasteiger partial charge in [-0.1, -0.05) is 12.5 Å². The summed E-state index contributed by atoms with van der Waals surface area (Å²) in [6.45, 7) is 14.6. The number of nitrogens with one attached hydrogen (secondary N) is 2. The van der Waals surface area contributed by atoms with Gasteiger partial charge < -0.3 is 20.3 Å². The zero-order valence-electron chi connectivity index (χ0n) is 19.1. The molecule has 164 valence electrons. The smallest absolute Gasteiger partial charge is 0.227 e. The molecule has 30 heavy (non-hydrogen) atoms. The molecule has 0 aliphatic carbocycles. The van der Waals surface area contributed by atoms with Gasteiger partial charge in [0.05, 0.1) is 18.5 Å². The van der Waals surface area contributed by atoms with Gasteiger partial charge in [-0.3, -0.25) is 4.99 Å². The minimum Gasteiger partial charge on any atom is -0.391 e. The number of allylic oxidation sites excluding steroid dienone is 2. The molecule has 2 heterocycles. The molecule has 0 aliphatic rings. The Hall–Kier alpha value is -2.74. The summed E-state index contributed by atoms with van der Waals surface area (Å²) in [6, 6.07) is 0.0922. The second-order valence-corrected chi connectivity index (χ2v) is 7.97. The van der Waals surface area contributed by atoms with Crippen LogP contribution < -0.4 is 10.6 Å². The van der Waals surface area contributed by atoms with Crippen LogP contribution in [-0.4, -0.2) is 49.0 Å². The van der Waals surface area contributed by atoms with E-state index in [-0.39, 0.29) is 12.1 Å². The molecular weight excluding hydrogens is 378 g/mol. The minimum atomic E-state index is -0.509. The van der Waals surface area contributed by atoms with Crippen LogP contribution in [0.1, 0.15) is 60.9 Å². The standard InChI is InChI=1S/C22H35N7O/c1-8-18(17(7)30)26-22-27-20(19-21(28-22)29(13-25-19)15(4)5)24-11-9-10-23-16(6)12-14(2)3/h9-10,12-13,15,17-18,30H,8,11H2,1-7H3,(H2,24,26,27,28)/b10-9+,23-16?. The van der Waals surface area contributed by atoms with Gasteiger partial charge in [0.1, 0.15) is 0 Å².